The third-order valence-corrected chi connectivity index (χ3v) is 7.86. The Morgan fingerprint density at radius 3 is 2.31 bits per heavy atom. The van der Waals surface area contributed by atoms with E-state index >= 15 is 0 Å². The van der Waals surface area contributed by atoms with E-state index in [4.69, 9.17) is 4.98 Å². The van der Waals surface area contributed by atoms with Gasteiger partial charge in [-0.15, -0.1) is 10.2 Å². The zero-order chi connectivity index (χ0) is 28.6. The summed E-state index contributed by atoms with van der Waals surface area (Å²) in [4.78, 5) is 32.8. The number of imidazole rings is 1. The highest BCUT2D eigenvalue weighted by atomic mass is 16.2. The topological polar surface area (TPSA) is 116 Å². The number of hydrogen-bond donors (Lipinski definition) is 1. The zero-order valence-corrected chi connectivity index (χ0v) is 23.3. The lowest BCUT2D eigenvalue weighted by Crippen LogP contribution is -2.40. The normalized spacial score (nSPS) is 13.2. The first-order chi connectivity index (χ1) is 20.6. The second kappa shape index (κ2) is 10.7. The summed E-state index contributed by atoms with van der Waals surface area (Å²) < 4.78 is 5.03. The van der Waals surface area contributed by atoms with Crippen molar-refractivity contribution in [2.45, 2.75) is 45.7 Å². The summed E-state index contributed by atoms with van der Waals surface area (Å²) in [6.07, 6.45) is 3.74. The summed E-state index contributed by atoms with van der Waals surface area (Å²) in [6.45, 7) is 3.13. The Hall–Kier alpha value is -5.12. The van der Waals surface area contributed by atoms with Crippen LogP contribution in [0.4, 0.5) is 0 Å². The molecule has 0 unspecified atom stereocenters. The number of nitrogens with one attached hydrogen (secondary N) is 1. The lowest BCUT2D eigenvalue weighted by molar-refractivity contribution is 0.591. The SMILES string of the molecule is CCCc1nc2c(c(=O)n(-c3ccccc3)c(=O)n2CC2CC2)n1Cc1ccc(-c2ccccc2-c2nn[nH]n2)cc1. The second-order valence-corrected chi connectivity index (χ2v) is 10.8. The van der Waals surface area contributed by atoms with Crippen LogP contribution < -0.4 is 11.2 Å². The number of tetrazole rings is 1. The van der Waals surface area contributed by atoms with E-state index in [1.54, 1.807) is 16.7 Å². The van der Waals surface area contributed by atoms with Gasteiger partial charge in [0, 0.05) is 25.1 Å². The summed E-state index contributed by atoms with van der Waals surface area (Å²) >= 11 is 0. The number of H-pyrrole nitrogens is 1. The molecule has 210 valence electrons. The molecule has 3 aromatic heterocycles. The first-order valence-corrected chi connectivity index (χ1v) is 14.3. The number of aryl methyl sites for hydroxylation is 1. The summed E-state index contributed by atoms with van der Waals surface area (Å²) in [5, 5.41) is 14.5. The molecule has 3 heterocycles. The van der Waals surface area contributed by atoms with E-state index in [2.05, 4.69) is 51.8 Å². The Morgan fingerprint density at radius 1 is 0.881 bits per heavy atom. The third kappa shape index (κ3) is 4.64. The molecule has 0 radical (unpaired) electrons. The lowest BCUT2D eigenvalue weighted by atomic mass is 9.98. The molecule has 0 saturated heterocycles. The van der Waals surface area contributed by atoms with Gasteiger partial charge in [0.2, 0.25) is 5.82 Å². The average molecular weight is 559 g/mol. The van der Waals surface area contributed by atoms with Gasteiger partial charge in [0.25, 0.3) is 5.56 Å². The smallest absolute Gasteiger partial charge is 0.318 e. The highest BCUT2D eigenvalue weighted by Gasteiger charge is 2.27. The Labute approximate surface area is 241 Å². The lowest BCUT2D eigenvalue weighted by Gasteiger charge is -2.13. The van der Waals surface area contributed by atoms with E-state index in [0.29, 0.717) is 48.1 Å². The first kappa shape index (κ1) is 25.8. The van der Waals surface area contributed by atoms with Crippen molar-refractivity contribution in [1.29, 1.82) is 0 Å². The quantitative estimate of drug-likeness (QED) is 0.277. The summed E-state index contributed by atoms with van der Waals surface area (Å²) in [5.74, 6) is 1.79. The highest BCUT2D eigenvalue weighted by molar-refractivity contribution is 5.80. The van der Waals surface area contributed by atoms with Crippen LogP contribution in [0.1, 0.15) is 37.6 Å². The van der Waals surface area contributed by atoms with Crippen molar-refractivity contribution in [2.75, 3.05) is 0 Å². The summed E-state index contributed by atoms with van der Waals surface area (Å²) in [5.41, 5.74) is 4.78. The molecule has 0 amide bonds. The van der Waals surface area contributed by atoms with Crippen LogP contribution >= 0.6 is 0 Å². The maximum atomic E-state index is 14.1. The van der Waals surface area contributed by atoms with Crippen LogP contribution in [0.15, 0.2) is 88.5 Å². The molecule has 42 heavy (non-hydrogen) atoms. The van der Waals surface area contributed by atoms with Gasteiger partial charge in [-0.2, -0.15) is 5.21 Å². The predicted molar refractivity (Wildman–Crippen MR) is 160 cm³/mol. The molecule has 7 rings (SSSR count). The molecule has 1 aliphatic carbocycles. The minimum absolute atomic E-state index is 0.331. The molecule has 10 nitrogen and oxygen atoms in total. The zero-order valence-electron chi connectivity index (χ0n) is 23.3. The van der Waals surface area contributed by atoms with Gasteiger partial charge in [-0.3, -0.25) is 9.36 Å². The van der Waals surface area contributed by atoms with Crippen molar-refractivity contribution in [1.82, 2.24) is 39.3 Å². The van der Waals surface area contributed by atoms with Crippen LogP contribution in [0.2, 0.25) is 0 Å². The molecule has 1 N–H and O–H groups in total. The second-order valence-electron chi connectivity index (χ2n) is 10.8. The molecule has 1 fully saturated rings. The molecular weight excluding hydrogens is 528 g/mol. The summed E-state index contributed by atoms with van der Waals surface area (Å²) in [6, 6.07) is 25.4. The van der Waals surface area contributed by atoms with Crippen LogP contribution in [-0.2, 0) is 19.5 Å². The standard InChI is InChI=1S/C32H30N8O2/c1-2-8-27-33-30-28(31(41)40(24-9-4-3-5-10-24)32(42)39(30)20-21-13-14-21)38(27)19-22-15-17-23(18-16-22)25-11-6-7-12-26(25)29-34-36-37-35-29/h3-7,9-12,15-18,21H,2,8,13-14,19-20H2,1H3,(H,34,35,36,37). The van der Waals surface area contributed by atoms with E-state index in [0.717, 1.165) is 47.3 Å². The Bertz CT molecular complexity index is 1980. The van der Waals surface area contributed by atoms with Crippen molar-refractivity contribution in [3.8, 4) is 28.2 Å². The van der Waals surface area contributed by atoms with Crippen LogP contribution in [0.5, 0.6) is 0 Å². The van der Waals surface area contributed by atoms with Gasteiger partial charge in [0.05, 0.1) is 5.69 Å². The van der Waals surface area contributed by atoms with Gasteiger partial charge in [0.1, 0.15) is 5.82 Å². The number of aromatic amines is 1. The van der Waals surface area contributed by atoms with Gasteiger partial charge in [0.15, 0.2) is 11.2 Å². The number of rotatable bonds is 9. The van der Waals surface area contributed by atoms with Gasteiger partial charge >= 0.3 is 5.69 Å². The largest absolute Gasteiger partial charge is 0.337 e. The van der Waals surface area contributed by atoms with Crippen LogP contribution in [0.3, 0.4) is 0 Å². The van der Waals surface area contributed by atoms with Crippen molar-refractivity contribution in [2.24, 2.45) is 5.92 Å². The summed E-state index contributed by atoms with van der Waals surface area (Å²) in [7, 11) is 0. The third-order valence-electron chi connectivity index (χ3n) is 7.86. The van der Waals surface area contributed by atoms with Gasteiger partial charge in [-0.05, 0) is 59.2 Å². The predicted octanol–water partition coefficient (Wildman–Crippen LogP) is 4.61. The fourth-order valence-electron chi connectivity index (χ4n) is 5.58. The van der Waals surface area contributed by atoms with Crippen LogP contribution in [0.25, 0.3) is 39.4 Å². The van der Waals surface area contributed by atoms with Crippen molar-refractivity contribution in [3.05, 3.63) is 111 Å². The van der Waals surface area contributed by atoms with Crippen molar-refractivity contribution in [3.63, 3.8) is 0 Å². The van der Waals surface area contributed by atoms with Gasteiger partial charge < -0.3 is 4.57 Å². The Morgan fingerprint density at radius 2 is 1.62 bits per heavy atom. The maximum Gasteiger partial charge on any atom is 0.337 e. The van der Waals surface area contributed by atoms with Crippen LogP contribution in [0, 0.1) is 5.92 Å². The maximum absolute atomic E-state index is 14.1. The average Bonchev–Trinajstić information content (AvgIpc) is 3.53. The van der Waals surface area contributed by atoms with Gasteiger partial charge in [-0.25, -0.2) is 14.3 Å². The number of benzene rings is 3. The number of hydrogen-bond acceptors (Lipinski definition) is 6. The molecule has 6 aromatic rings. The number of para-hydroxylation sites is 1. The molecule has 1 aliphatic rings. The highest BCUT2D eigenvalue weighted by Crippen LogP contribution is 2.32. The fraction of sp³-hybridized carbons (Fsp3) is 0.250. The molecule has 0 spiro atoms. The van der Waals surface area contributed by atoms with E-state index in [-0.39, 0.29) is 11.2 Å². The van der Waals surface area contributed by atoms with E-state index in [1.165, 1.54) is 4.57 Å². The minimum Gasteiger partial charge on any atom is -0.318 e. The Balaban J connectivity index is 1.34. The number of nitrogens with zero attached hydrogens (tertiary/aromatic N) is 7. The van der Waals surface area contributed by atoms with E-state index in [9.17, 15) is 9.59 Å². The van der Waals surface area contributed by atoms with Crippen LogP contribution in [-0.4, -0.2) is 39.3 Å². The number of aromatic nitrogens is 8. The molecule has 0 bridgehead atoms. The Kier molecular flexibility index (Phi) is 6.58. The molecule has 3 aromatic carbocycles. The molecule has 1 saturated carbocycles. The monoisotopic (exact) mass is 558 g/mol. The first-order valence-electron chi connectivity index (χ1n) is 14.3. The van der Waals surface area contributed by atoms with Gasteiger partial charge in [-0.1, -0.05) is 73.7 Å². The molecular formula is C32H30N8O2. The van der Waals surface area contributed by atoms with E-state index < -0.39 is 0 Å². The van der Waals surface area contributed by atoms with Crippen molar-refractivity contribution < 1.29 is 0 Å². The fourth-order valence-corrected chi connectivity index (χ4v) is 5.58. The molecule has 0 aliphatic heterocycles. The minimum atomic E-state index is -0.339. The number of fused-ring (bicyclic) bond motifs is 1. The van der Waals surface area contributed by atoms with Crippen molar-refractivity contribution >= 4 is 11.2 Å². The van der Waals surface area contributed by atoms with E-state index in [1.807, 2.05) is 47.0 Å². The molecule has 10 heteroatoms. The molecule has 0 atom stereocenters.